The molecule has 0 bridgehead atoms. The molecule has 0 aliphatic carbocycles. The topological polar surface area (TPSA) is 72.1 Å². The highest BCUT2D eigenvalue weighted by Crippen LogP contribution is 2.22. The molecule has 2 rings (SSSR count). The van der Waals surface area contributed by atoms with E-state index in [1.165, 1.54) is 0 Å². The van der Waals surface area contributed by atoms with Gasteiger partial charge < -0.3 is 9.72 Å². The molecule has 0 unspecified atom stereocenters. The number of hydrogen-bond donors (Lipinski definition) is 1. The SMILES string of the molecule is CC(C)c1ncc(-c2cccc(C(=O)CC(=O)OC(C)(C)C)c2)[nH]1. The Morgan fingerprint density at radius 3 is 2.54 bits per heavy atom. The number of rotatable bonds is 5. The van der Waals surface area contributed by atoms with Crippen molar-refractivity contribution in [3.05, 3.63) is 41.9 Å². The summed E-state index contributed by atoms with van der Waals surface area (Å²) in [6.45, 7) is 9.45. The van der Waals surface area contributed by atoms with Crippen molar-refractivity contribution in [3.63, 3.8) is 0 Å². The van der Waals surface area contributed by atoms with Crippen LogP contribution < -0.4 is 0 Å². The molecule has 0 amide bonds. The van der Waals surface area contributed by atoms with Crippen LogP contribution in [0.1, 0.15) is 63.1 Å². The molecule has 0 spiro atoms. The Morgan fingerprint density at radius 2 is 1.96 bits per heavy atom. The summed E-state index contributed by atoms with van der Waals surface area (Å²) in [6.07, 6.45) is 1.49. The molecule has 0 fully saturated rings. The third kappa shape index (κ3) is 4.78. The van der Waals surface area contributed by atoms with E-state index < -0.39 is 11.6 Å². The van der Waals surface area contributed by atoms with Gasteiger partial charge in [0.25, 0.3) is 0 Å². The Morgan fingerprint density at radius 1 is 1.25 bits per heavy atom. The first-order valence-electron chi connectivity index (χ1n) is 8.06. The number of benzene rings is 1. The van der Waals surface area contributed by atoms with E-state index >= 15 is 0 Å². The van der Waals surface area contributed by atoms with Gasteiger partial charge in [-0.05, 0) is 26.8 Å². The van der Waals surface area contributed by atoms with Gasteiger partial charge >= 0.3 is 5.97 Å². The zero-order valence-corrected chi connectivity index (χ0v) is 14.8. The number of imidazole rings is 1. The highest BCUT2D eigenvalue weighted by atomic mass is 16.6. The minimum Gasteiger partial charge on any atom is -0.460 e. The average molecular weight is 328 g/mol. The van der Waals surface area contributed by atoms with Crippen molar-refractivity contribution >= 4 is 11.8 Å². The molecular formula is C19H24N2O3. The largest absolute Gasteiger partial charge is 0.460 e. The van der Waals surface area contributed by atoms with Crippen molar-refractivity contribution in [3.8, 4) is 11.3 Å². The van der Waals surface area contributed by atoms with Crippen molar-refractivity contribution < 1.29 is 14.3 Å². The number of aromatic amines is 1. The van der Waals surface area contributed by atoms with E-state index in [2.05, 4.69) is 23.8 Å². The first kappa shape index (κ1) is 17.9. The van der Waals surface area contributed by atoms with Crippen molar-refractivity contribution in [1.29, 1.82) is 0 Å². The molecule has 1 aromatic carbocycles. The minimum absolute atomic E-state index is 0.255. The molecule has 0 atom stereocenters. The summed E-state index contributed by atoms with van der Waals surface area (Å²) in [5.41, 5.74) is 1.61. The Kier molecular flexibility index (Phi) is 5.22. The van der Waals surface area contributed by atoms with Crippen LogP contribution in [0.3, 0.4) is 0 Å². The van der Waals surface area contributed by atoms with E-state index in [9.17, 15) is 9.59 Å². The van der Waals surface area contributed by atoms with E-state index in [0.717, 1.165) is 17.1 Å². The summed E-state index contributed by atoms with van der Waals surface area (Å²) >= 11 is 0. The molecule has 0 aliphatic rings. The predicted octanol–water partition coefficient (Wildman–Crippen LogP) is 4.11. The van der Waals surface area contributed by atoms with Gasteiger partial charge in [0.2, 0.25) is 0 Å². The highest BCUT2D eigenvalue weighted by molar-refractivity contribution is 6.06. The number of esters is 1. The van der Waals surface area contributed by atoms with E-state index in [0.29, 0.717) is 11.5 Å². The van der Waals surface area contributed by atoms with Crippen LogP contribution in [0.25, 0.3) is 11.3 Å². The maximum Gasteiger partial charge on any atom is 0.314 e. The number of carbonyl (C=O) groups excluding carboxylic acids is 2. The van der Waals surface area contributed by atoms with Crippen LogP contribution in [0.5, 0.6) is 0 Å². The van der Waals surface area contributed by atoms with Crippen molar-refractivity contribution in [1.82, 2.24) is 9.97 Å². The highest BCUT2D eigenvalue weighted by Gasteiger charge is 2.20. The van der Waals surface area contributed by atoms with Gasteiger partial charge in [0.05, 0.1) is 11.9 Å². The molecule has 2 aromatic rings. The van der Waals surface area contributed by atoms with E-state index in [1.54, 1.807) is 45.2 Å². The normalized spacial score (nSPS) is 11.6. The number of ether oxygens (including phenoxy) is 1. The second-order valence-corrected chi connectivity index (χ2v) is 7.10. The van der Waals surface area contributed by atoms with Crippen LogP contribution in [-0.2, 0) is 9.53 Å². The number of ketones is 1. The lowest BCUT2D eigenvalue weighted by Crippen LogP contribution is -2.25. The Hall–Kier alpha value is -2.43. The van der Waals surface area contributed by atoms with Gasteiger partial charge in [-0.3, -0.25) is 9.59 Å². The summed E-state index contributed by atoms with van der Waals surface area (Å²) in [4.78, 5) is 31.7. The molecule has 1 heterocycles. The third-order valence-corrected chi connectivity index (χ3v) is 3.36. The zero-order chi connectivity index (χ0) is 17.9. The number of Topliss-reactive ketones (excluding diaryl/α,β-unsaturated/α-hetero) is 1. The van der Waals surface area contributed by atoms with Crippen molar-refractivity contribution in [2.24, 2.45) is 0 Å². The van der Waals surface area contributed by atoms with Crippen molar-refractivity contribution in [2.75, 3.05) is 0 Å². The lowest BCUT2D eigenvalue weighted by atomic mass is 10.0. The summed E-state index contributed by atoms with van der Waals surface area (Å²) in [5, 5.41) is 0. The van der Waals surface area contributed by atoms with E-state index in [1.807, 2.05) is 6.07 Å². The molecule has 5 nitrogen and oxygen atoms in total. The maximum atomic E-state index is 12.3. The van der Waals surface area contributed by atoms with Gasteiger partial charge in [-0.1, -0.05) is 32.0 Å². The standard InChI is InChI=1S/C19H24N2O3/c1-12(2)18-20-11-15(21-18)13-7-6-8-14(9-13)16(22)10-17(23)24-19(3,4)5/h6-9,11-12H,10H2,1-5H3,(H,20,21). The first-order valence-corrected chi connectivity index (χ1v) is 8.06. The number of H-pyrrole nitrogens is 1. The van der Waals surface area contributed by atoms with Crippen LogP contribution in [-0.4, -0.2) is 27.3 Å². The van der Waals surface area contributed by atoms with Gasteiger partial charge in [0.1, 0.15) is 17.8 Å². The van der Waals surface area contributed by atoms with Gasteiger partial charge in [-0.15, -0.1) is 0 Å². The lowest BCUT2D eigenvalue weighted by molar-refractivity contribution is -0.153. The van der Waals surface area contributed by atoms with Gasteiger partial charge in [0.15, 0.2) is 5.78 Å². The summed E-state index contributed by atoms with van der Waals surface area (Å²) in [5.74, 6) is 0.433. The Balaban J connectivity index is 2.14. The number of carbonyl (C=O) groups is 2. The molecule has 0 radical (unpaired) electrons. The Bertz CT molecular complexity index is 739. The van der Waals surface area contributed by atoms with Gasteiger partial charge in [0, 0.05) is 17.0 Å². The molecule has 128 valence electrons. The molecule has 5 heteroatoms. The van der Waals surface area contributed by atoms with Crippen LogP contribution in [0.2, 0.25) is 0 Å². The summed E-state index contributed by atoms with van der Waals surface area (Å²) in [6, 6.07) is 7.18. The second kappa shape index (κ2) is 6.99. The van der Waals surface area contributed by atoms with Crippen LogP contribution in [0.15, 0.2) is 30.5 Å². The molecule has 24 heavy (non-hydrogen) atoms. The average Bonchev–Trinajstić information content (AvgIpc) is 2.95. The molecule has 0 aliphatic heterocycles. The second-order valence-electron chi connectivity index (χ2n) is 7.10. The van der Waals surface area contributed by atoms with Gasteiger partial charge in [-0.25, -0.2) is 4.98 Å². The fourth-order valence-electron chi connectivity index (χ4n) is 2.25. The first-order chi connectivity index (χ1) is 11.2. The van der Waals surface area contributed by atoms with Crippen molar-refractivity contribution in [2.45, 2.75) is 52.6 Å². The predicted molar refractivity (Wildman–Crippen MR) is 92.9 cm³/mol. The molecule has 1 N–H and O–H groups in total. The Labute approximate surface area is 142 Å². The fraction of sp³-hybridized carbons (Fsp3) is 0.421. The van der Waals surface area contributed by atoms with Crippen LogP contribution in [0, 0.1) is 0 Å². The quantitative estimate of drug-likeness (QED) is 0.509. The molecule has 0 saturated carbocycles. The lowest BCUT2D eigenvalue weighted by Gasteiger charge is -2.19. The monoisotopic (exact) mass is 328 g/mol. The maximum absolute atomic E-state index is 12.3. The van der Waals surface area contributed by atoms with E-state index in [-0.39, 0.29) is 12.2 Å². The fourth-order valence-corrected chi connectivity index (χ4v) is 2.25. The molecule has 1 aromatic heterocycles. The van der Waals surface area contributed by atoms with E-state index in [4.69, 9.17) is 4.74 Å². The number of nitrogens with zero attached hydrogens (tertiary/aromatic N) is 1. The summed E-state index contributed by atoms with van der Waals surface area (Å²) < 4.78 is 5.20. The van der Waals surface area contributed by atoms with Gasteiger partial charge in [-0.2, -0.15) is 0 Å². The van der Waals surface area contributed by atoms with Crippen LogP contribution >= 0.6 is 0 Å². The number of aromatic nitrogens is 2. The third-order valence-electron chi connectivity index (χ3n) is 3.36. The smallest absolute Gasteiger partial charge is 0.314 e. The molecular weight excluding hydrogens is 304 g/mol. The zero-order valence-electron chi connectivity index (χ0n) is 14.8. The summed E-state index contributed by atoms with van der Waals surface area (Å²) in [7, 11) is 0. The van der Waals surface area contributed by atoms with Crippen LogP contribution in [0.4, 0.5) is 0 Å². The number of hydrogen-bond acceptors (Lipinski definition) is 4. The molecule has 0 saturated heterocycles. The number of nitrogens with one attached hydrogen (secondary N) is 1. The minimum atomic E-state index is -0.595.